The zero-order valence-electron chi connectivity index (χ0n) is 15.8. The summed E-state index contributed by atoms with van der Waals surface area (Å²) in [7, 11) is 0. The number of likely N-dealkylation sites (tertiary alicyclic amines) is 1. The number of halogens is 1. The van der Waals surface area contributed by atoms with Gasteiger partial charge >= 0.3 is 11.8 Å². The second kappa shape index (κ2) is 10.3. The zero-order chi connectivity index (χ0) is 19.8. The van der Waals surface area contributed by atoms with Crippen LogP contribution in [-0.2, 0) is 16.1 Å². The van der Waals surface area contributed by atoms with E-state index in [9.17, 15) is 14.0 Å². The van der Waals surface area contributed by atoms with E-state index in [4.69, 9.17) is 0 Å². The number of nitrogens with one attached hydrogen (secondary N) is 2. The molecule has 5 nitrogen and oxygen atoms in total. The lowest BCUT2D eigenvalue weighted by Crippen LogP contribution is -2.44. The van der Waals surface area contributed by atoms with Crippen LogP contribution in [0.25, 0.3) is 0 Å². The highest BCUT2D eigenvalue weighted by molar-refractivity contribution is 7.08. The highest BCUT2D eigenvalue weighted by Gasteiger charge is 2.23. The first-order valence-corrected chi connectivity index (χ1v) is 10.6. The average molecular weight is 404 g/mol. The zero-order valence-corrected chi connectivity index (χ0v) is 16.6. The van der Waals surface area contributed by atoms with Crippen LogP contribution in [0.15, 0.2) is 41.1 Å². The second-order valence-electron chi connectivity index (χ2n) is 7.04. The summed E-state index contributed by atoms with van der Waals surface area (Å²) in [6.45, 7) is 2.60. The molecule has 7 heteroatoms. The molecule has 1 aromatic carbocycles. The van der Waals surface area contributed by atoms with Gasteiger partial charge in [-0.25, -0.2) is 4.39 Å². The van der Waals surface area contributed by atoms with Crippen molar-refractivity contribution in [3.8, 4) is 0 Å². The Morgan fingerprint density at radius 2 is 1.68 bits per heavy atom. The number of thiophene rings is 1. The van der Waals surface area contributed by atoms with Crippen molar-refractivity contribution in [2.75, 3.05) is 19.6 Å². The molecule has 3 rings (SSSR count). The summed E-state index contributed by atoms with van der Waals surface area (Å²) in [6.07, 6.45) is 4.80. The summed E-state index contributed by atoms with van der Waals surface area (Å²) in [5.74, 6) is -1.65. The van der Waals surface area contributed by atoms with Gasteiger partial charge in [0.25, 0.3) is 0 Å². The van der Waals surface area contributed by atoms with E-state index in [2.05, 4.69) is 27.0 Å². The van der Waals surface area contributed by atoms with Crippen molar-refractivity contribution in [1.82, 2.24) is 15.5 Å². The molecule has 150 valence electrons. The minimum absolute atomic E-state index is 0.0817. The highest BCUT2D eigenvalue weighted by atomic mass is 32.1. The Labute approximate surface area is 168 Å². The van der Waals surface area contributed by atoms with Gasteiger partial charge in [0.1, 0.15) is 5.82 Å². The fourth-order valence-corrected chi connectivity index (χ4v) is 4.17. The summed E-state index contributed by atoms with van der Waals surface area (Å²) in [4.78, 5) is 26.8. The third-order valence-corrected chi connectivity index (χ3v) is 5.74. The van der Waals surface area contributed by atoms with Crippen LogP contribution in [0.3, 0.4) is 0 Å². The maximum absolute atomic E-state index is 12.9. The second-order valence-corrected chi connectivity index (χ2v) is 7.82. The summed E-state index contributed by atoms with van der Waals surface area (Å²) < 4.78 is 12.9. The minimum Gasteiger partial charge on any atom is -0.346 e. The first-order valence-electron chi connectivity index (χ1n) is 9.70. The van der Waals surface area contributed by atoms with Gasteiger partial charge in [0.15, 0.2) is 0 Å². The molecule has 1 atom stereocenters. The van der Waals surface area contributed by atoms with Crippen LogP contribution >= 0.6 is 11.3 Å². The first kappa shape index (κ1) is 20.5. The maximum Gasteiger partial charge on any atom is 0.309 e. The van der Waals surface area contributed by atoms with E-state index in [-0.39, 0.29) is 18.4 Å². The van der Waals surface area contributed by atoms with Gasteiger partial charge in [-0.2, -0.15) is 11.3 Å². The van der Waals surface area contributed by atoms with Gasteiger partial charge in [-0.05, 0) is 66.0 Å². The molecule has 0 saturated carbocycles. The van der Waals surface area contributed by atoms with Crippen molar-refractivity contribution in [3.63, 3.8) is 0 Å². The van der Waals surface area contributed by atoms with Crippen LogP contribution in [-0.4, -0.2) is 36.3 Å². The third kappa shape index (κ3) is 5.87. The fraction of sp³-hybridized carbons (Fsp3) is 0.429. The molecule has 2 amide bonds. The number of hydrogen-bond acceptors (Lipinski definition) is 4. The molecule has 0 spiro atoms. The summed E-state index contributed by atoms with van der Waals surface area (Å²) in [5, 5.41) is 9.51. The molecule has 2 aromatic rings. The lowest BCUT2D eigenvalue weighted by atomic mass is 10.1. The SMILES string of the molecule is O=C(NCc1ccc(F)cc1)C(=O)NCC(c1ccsc1)N1CCCCCC1. The number of amides is 2. The van der Waals surface area contributed by atoms with Crippen LogP contribution in [0.2, 0.25) is 0 Å². The topological polar surface area (TPSA) is 61.4 Å². The smallest absolute Gasteiger partial charge is 0.309 e. The van der Waals surface area contributed by atoms with Crippen LogP contribution in [0, 0.1) is 5.82 Å². The van der Waals surface area contributed by atoms with Gasteiger partial charge in [-0.1, -0.05) is 25.0 Å². The average Bonchev–Trinajstić information content (AvgIpc) is 3.10. The quantitative estimate of drug-likeness (QED) is 0.728. The Balaban J connectivity index is 1.53. The van der Waals surface area contributed by atoms with Gasteiger partial charge in [-0.15, -0.1) is 0 Å². The standard InChI is InChI=1S/C21H26FN3O2S/c22-18-7-5-16(6-8-18)13-23-20(26)21(27)24-14-19(17-9-12-28-15-17)25-10-3-1-2-4-11-25/h5-9,12,15,19H,1-4,10-11,13-14H2,(H,23,26)(H,24,27). The van der Waals surface area contributed by atoms with Crippen molar-refractivity contribution in [1.29, 1.82) is 0 Å². The van der Waals surface area contributed by atoms with E-state index in [0.717, 1.165) is 31.5 Å². The fourth-order valence-electron chi connectivity index (χ4n) is 3.46. The Kier molecular flexibility index (Phi) is 7.56. The third-order valence-electron chi connectivity index (χ3n) is 5.04. The largest absolute Gasteiger partial charge is 0.346 e. The van der Waals surface area contributed by atoms with Gasteiger partial charge in [0.2, 0.25) is 0 Å². The normalized spacial score (nSPS) is 16.2. The molecular weight excluding hydrogens is 377 g/mol. The number of benzene rings is 1. The monoisotopic (exact) mass is 403 g/mol. The number of hydrogen-bond donors (Lipinski definition) is 2. The van der Waals surface area contributed by atoms with Crippen molar-refractivity contribution in [2.24, 2.45) is 0 Å². The molecule has 2 heterocycles. The van der Waals surface area contributed by atoms with E-state index in [0.29, 0.717) is 6.54 Å². The molecule has 1 aliphatic heterocycles. The van der Waals surface area contributed by atoms with Gasteiger partial charge in [0, 0.05) is 13.1 Å². The van der Waals surface area contributed by atoms with Crippen molar-refractivity contribution >= 4 is 23.2 Å². The van der Waals surface area contributed by atoms with Crippen molar-refractivity contribution in [2.45, 2.75) is 38.3 Å². The predicted molar refractivity (Wildman–Crippen MR) is 108 cm³/mol. The first-order chi connectivity index (χ1) is 13.6. The summed E-state index contributed by atoms with van der Waals surface area (Å²) >= 11 is 1.64. The lowest BCUT2D eigenvalue weighted by molar-refractivity contribution is -0.139. The number of carbonyl (C=O) groups excluding carboxylic acids is 2. The highest BCUT2D eigenvalue weighted by Crippen LogP contribution is 2.25. The van der Waals surface area contributed by atoms with Gasteiger partial charge in [-0.3, -0.25) is 14.5 Å². The van der Waals surface area contributed by atoms with E-state index in [1.807, 2.05) is 5.38 Å². The maximum atomic E-state index is 12.9. The molecule has 1 saturated heterocycles. The Morgan fingerprint density at radius 1 is 1.00 bits per heavy atom. The molecule has 0 aliphatic carbocycles. The molecule has 1 aromatic heterocycles. The summed E-state index contributed by atoms with van der Waals surface area (Å²) in [5.41, 5.74) is 1.92. The van der Waals surface area contributed by atoms with E-state index >= 15 is 0 Å². The molecular formula is C21H26FN3O2S. The van der Waals surface area contributed by atoms with Crippen LogP contribution < -0.4 is 10.6 Å². The van der Waals surface area contributed by atoms with Crippen LogP contribution in [0.4, 0.5) is 4.39 Å². The number of rotatable bonds is 6. The van der Waals surface area contributed by atoms with Crippen LogP contribution in [0.1, 0.15) is 42.9 Å². The number of nitrogens with zero attached hydrogens (tertiary/aromatic N) is 1. The molecule has 1 unspecified atom stereocenters. The molecule has 0 radical (unpaired) electrons. The Morgan fingerprint density at radius 3 is 2.32 bits per heavy atom. The van der Waals surface area contributed by atoms with E-state index in [1.165, 1.54) is 30.5 Å². The van der Waals surface area contributed by atoms with Crippen molar-refractivity contribution < 1.29 is 14.0 Å². The van der Waals surface area contributed by atoms with E-state index < -0.39 is 11.8 Å². The predicted octanol–water partition coefficient (Wildman–Crippen LogP) is 3.24. The molecule has 1 aliphatic rings. The summed E-state index contributed by atoms with van der Waals surface area (Å²) in [6, 6.07) is 7.99. The van der Waals surface area contributed by atoms with Crippen molar-refractivity contribution in [3.05, 3.63) is 58.0 Å². The van der Waals surface area contributed by atoms with Crippen LogP contribution in [0.5, 0.6) is 0 Å². The molecule has 2 N–H and O–H groups in total. The molecule has 28 heavy (non-hydrogen) atoms. The molecule has 0 bridgehead atoms. The Hall–Kier alpha value is -2.25. The number of carbonyl (C=O) groups is 2. The van der Waals surface area contributed by atoms with Gasteiger partial charge < -0.3 is 10.6 Å². The lowest BCUT2D eigenvalue weighted by Gasteiger charge is -2.30. The molecule has 1 fully saturated rings. The van der Waals surface area contributed by atoms with Gasteiger partial charge in [0.05, 0.1) is 6.04 Å². The van der Waals surface area contributed by atoms with E-state index in [1.54, 1.807) is 23.5 Å². The minimum atomic E-state index is -0.677. The Bertz CT molecular complexity index is 756.